The zero-order valence-corrected chi connectivity index (χ0v) is 14.7. The van der Waals surface area contributed by atoms with Gasteiger partial charge in [0.15, 0.2) is 0 Å². The van der Waals surface area contributed by atoms with Gasteiger partial charge in [-0.15, -0.1) is 22.0 Å². The highest BCUT2D eigenvalue weighted by atomic mass is 32.2. The SMILES string of the molecule is CCc1nnc(NC(=O)[C@H]2CSCN2C(=O)OC(C)(C)C)s1. The number of carbonyl (C=O) groups is 2. The van der Waals surface area contributed by atoms with Gasteiger partial charge >= 0.3 is 6.09 Å². The molecule has 0 radical (unpaired) electrons. The van der Waals surface area contributed by atoms with E-state index >= 15 is 0 Å². The van der Waals surface area contributed by atoms with Gasteiger partial charge in [-0.2, -0.15) is 0 Å². The van der Waals surface area contributed by atoms with Crippen molar-refractivity contribution in [3.8, 4) is 0 Å². The van der Waals surface area contributed by atoms with Crippen LogP contribution in [0.4, 0.5) is 9.93 Å². The molecule has 1 N–H and O–H groups in total. The number of aryl methyl sites for hydroxylation is 1. The lowest BCUT2D eigenvalue weighted by Gasteiger charge is -2.27. The standard InChI is InChI=1S/C13H20N4O3S2/c1-5-9-15-16-11(22-9)14-10(18)8-6-21-7-17(8)12(19)20-13(2,3)4/h8H,5-7H2,1-4H3,(H,14,16,18)/t8-/m1/s1. The maximum atomic E-state index is 12.4. The maximum Gasteiger partial charge on any atom is 0.411 e. The highest BCUT2D eigenvalue weighted by Crippen LogP contribution is 2.25. The topological polar surface area (TPSA) is 84.4 Å². The number of rotatable bonds is 3. The van der Waals surface area contributed by atoms with Crippen molar-refractivity contribution in [2.24, 2.45) is 0 Å². The van der Waals surface area contributed by atoms with Crippen LogP contribution < -0.4 is 5.32 Å². The zero-order chi connectivity index (χ0) is 16.3. The van der Waals surface area contributed by atoms with Crippen LogP contribution in [0.1, 0.15) is 32.7 Å². The van der Waals surface area contributed by atoms with Crippen LogP contribution in [0.15, 0.2) is 0 Å². The number of amides is 2. The number of aromatic nitrogens is 2. The first kappa shape index (κ1) is 17.0. The van der Waals surface area contributed by atoms with Crippen LogP contribution in [0.5, 0.6) is 0 Å². The summed E-state index contributed by atoms with van der Waals surface area (Å²) in [6, 6.07) is -0.547. The Morgan fingerprint density at radius 3 is 2.73 bits per heavy atom. The van der Waals surface area contributed by atoms with E-state index in [9.17, 15) is 9.59 Å². The lowest BCUT2D eigenvalue weighted by molar-refractivity contribution is -0.120. The Bertz CT molecular complexity index is 556. The molecule has 0 unspecified atom stereocenters. The van der Waals surface area contributed by atoms with Gasteiger partial charge in [0.1, 0.15) is 16.7 Å². The summed E-state index contributed by atoms with van der Waals surface area (Å²) in [7, 11) is 0. The van der Waals surface area contributed by atoms with Crippen molar-refractivity contribution in [1.82, 2.24) is 15.1 Å². The van der Waals surface area contributed by atoms with E-state index < -0.39 is 17.7 Å². The van der Waals surface area contributed by atoms with E-state index in [1.165, 1.54) is 28.0 Å². The highest BCUT2D eigenvalue weighted by Gasteiger charge is 2.37. The first-order chi connectivity index (χ1) is 10.3. The largest absolute Gasteiger partial charge is 0.444 e. The average molecular weight is 344 g/mol. The molecule has 1 aliphatic heterocycles. The fraction of sp³-hybridized carbons (Fsp3) is 0.692. The van der Waals surface area contributed by atoms with Gasteiger partial charge in [-0.3, -0.25) is 15.0 Å². The second-order valence-electron chi connectivity index (χ2n) is 5.81. The summed E-state index contributed by atoms with van der Waals surface area (Å²) >= 11 is 2.87. The predicted octanol–water partition coefficient (Wildman–Crippen LogP) is 2.35. The molecule has 1 saturated heterocycles. The molecule has 1 atom stereocenters. The molecular weight excluding hydrogens is 324 g/mol. The average Bonchev–Trinajstić information content (AvgIpc) is 3.04. The molecule has 0 aliphatic carbocycles. The molecule has 7 nitrogen and oxygen atoms in total. The summed E-state index contributed by atoms with van der Waals surface area (Å²) in [5.41, 5.74) is -0.583. The number of hydrogen-bond donors (Lipinski definition) is 1. The minimum absolute atomic E-state index is 0.255. The number of hydrogen-bond acceptors (Lipinski definition) is 7. The fourth-order valence-corrected chi connectivity index (χ4v) is 3.62. The number of nitrogens with zero attached hydrogens (tertiary/aromatic N) is 3. The van der Waals surface area contributed by atoms with Gasteiger partial charge in [0.2, 0.25) is 11.0 Å². The minimum Gasteiger partial charge on any atom is -0.444 e. The normalized spacial score (nSPS) is 18.4. The van der Waals surface area contributed by atoms with E-state index in [0.29, 0.717) is 16.8 Å². The van der Waals surface area contributed by atoms with Crippen LogP contribution in [0.3, 0.4) is 0 Å². The van der Waals surface area contributed by atoms with Crippen LogP contribution >= 0.6 is 23.1 Å². The molecule has 2 amide bonds. The lowest BCUT2D eigenvalue weighted by atomic mass is 10.2. The van der Waals surface area contributed by atoms with Crippen molar-refractivity contribution in [2.45, 2.75) is 45.8 Å². The van der Waals surface area contributed by atoms with E-state index in [-0.39, 0.29) is 5.91 Å². The quantitative estimate of drug-likeness (QED) is 0.906. The molecule has 2 rings (SSSR count). The molecular formula is C13H20N4O3S2. The van der Waals surface area contributed by atoms with E-state index in [1.807, 2.05) is 6.92 Å². The van der Waals surface area contributed by atoms with Gasteiger partial charge in [0.25, 0.3) is 0 Å². The molecule has 0 bridgehead atoms. The number of nitrogens with one attached hydrogen (secondary N) is 1. The third-order valence-corrected chi connectivity index (χ3v) is 4.81. The molecule has 0 aromatic carbocycles. The van der Waals surface area contributed by atoms with E-state index in [2.05, 4.69) is 15.5 Å². The van der Waals surface area contributed by atoms with Crippen molar-refractivity contribution in [3.63, 3.8) is 0 Å². The molecule has 1 fully saturated rings. The molecule has 22 heavy (non-hydrogen) atoms. The number of carbonyl (C=O) groups excluding carboxylic acids is 2. The summed E-state index contributed by atoms with van der Waals surface area (Å²) < 4.78 is 5.34. The van der Waals surface area contributed by atoms with Crippen molar-refractivity contribution in [2.75, 3.05) is 16.9 Å². The smallest absolute Gasteiger partial charge is 0.411 e. The van der Waals surface area contributed by atoms with Crippen LogP contribution in [0.2, 0.25) is 0 Å². The van der Waals surface area contributed by atoms with E-state index in [1.54, 1.807) is 20.8 Å². The Morgan fingerprint density at radius 1 is 1.41 bits per heavy atom. The van der Waals surface area contributed by atoms with Gasteiger partial charge in [-0.25, -0.2) is 4.79 Å². The van der Waals surface area contributed by atoms with Gasteiger partial charge in [0.05, 0.1) is 5.88 Å². The van der Waals surface area contributed by atoms with E-state index in [4.69, 9.17) is 4.74 Å². The number of anilines is 1. The van der Waals surface area contributed by atoms with Crippen molar-refractivity contribution >= 4 is 40.2 Å². The Balaban J connectivity index is 2.00. The summed E-state index contributed by atoms with van der Waals surface area (Å²) in [5.74, 6) is 0.739. The Morgan fingerprint density at radius 2 is 2.14 bits per heavy atom. The second kappa shape index (κ2) is 6.82. The summed E-state index contributed by atoms with van der Waals surface area (Å²) in [6.07, 6.45) is 0.306. The van der Waals surface area contributed by atoms with Gasteiger partial charge in [0, 0.05) is 5.75 Å². The number of thioether (sulfide) groups is 1. The van der Waals surface area contributed by atoms with Crippen molar-refractivity contribution in [1.29, 1.82) is 0 Å². The Labute approximate surface area is 137 Å². The maximum absolute atomic E-state index is 12.4. The first-order valence-electron chi connectivity index (χ1n) is 7.00. The fourth-order valence-electron chi connectivity index (χ4n) is 1.80. The van der Waals surface area contributed by atoms with Crippen LogP contribution in [0, 0.1) is 0 Å². The molecule has 9 heteroatoms. The van der Waals surface area contributed by atoms with Crippen molar-refractivity contribution in [3.05, 3.63) is 5.01 Å². The van der Waals surface area contributed by atoms with Crippen LogP contribution in [-0.2, 0) is 16.0 Å². The third kappa shape index (κ3) is 4.33. The molecule has 1 aromatic rings. The monoisotopic (exact) mass is 344 g/mol. The molecule has 122 valence electrons. The molecule has 0 saturated carbocycles. The minimum atomic E-state index is -0.583. The predicted molar refractivity (Wildman–Crippen MR) is 87.1 cm³/mol. The Hall–Kier alpha value is -1.35. The summed E-state index contributed by atoms with van der Waals surface area (Å²) in [4.78, 5) is 26.0. The van der Waals surface area contributed by atoms with Gasteiger partial charge in [-0.05, 0) is 27.2 Å². The third-order valence-electron chi connectivity index (χ3n) is 2.81. The summed E-state index contributed by atoms with van der Waals surface area (Å²) in [5, 5.41) is 11.9. The van der Waals surface area contributed by atoms with E-state index in [0.717, 1.165) is 11.4 Å². The molecule has 2 heterocycles. The first-order valence-corrected chi connectivity index (χ1v) is 8.98. The molecule has 1 aliphatic rings. The van der Waals surface area contributed by atoms with Crippen molar-refractivity contribution < 1.29 is 14.3 Å². The Kier molecular flexibility index (Phi) is 5.28. The van der Waals surface area contributed by atoms with Gasteiger partial charge < -0.3 is 4.74 Å². The van der Waals surface area contributed by atoms with Crippen LogP contribution in [-0.4, -0.2) is 50.4 Å². The zero-order valence-electron chi connectivity index (χ0n) is 13.1. The summed E-state index contributed by atoms with van der Waals surface area (Å²) in [6.45, 7) is 7.38. The molecule has 1 aromatic heterocycles. The molecule has 0 spiro atoms. The second-order valence-corrected chi connectivity index (χ2v) is 7.87. The van der Waals surface area contributed by atoms with Crippen LogP contribution in [0.25, 0.3) is 0 Å². The van der Waals surface area contributed by atoms with Gasteiger partial charge in [-0.1, -0.05) is 18.3 Å². The number of ether oxygens (including phenoxy) is 1. The highest BCUT2D eigenvalue weighted by molar-refractivity contribution is 7.99. The lowest BCUT2D eigenvalue weighted by Crippen LogP contribution is -2.46.